The van der Waals surface area contributed by atoms with Gasteiger partial charge < -0.3 is 5.11 Å². The predicted molar refractivity (Wildman–Crippen MR) is 51.8 cm³/mol. The van der Waals surface area contributed by atoms with Gasteiger partial charge in [-0.1, -0.05) is 12.2 Å². The molecule has 1 aromatic carbocycles. The van der Waals surface area contributed by atoms with Crippen molar-refractivity contribution in [1.29, 1.82) is 5.26 Å². The van der Waals surface area contributed by atoms with E-state index >= 15 is 0 Å². The van der Waals surface area contributed by atoms with E-state index in [9.17, 15) is 8.78 Å². The molecule has 0 unspecified atom stereocenters. The minimum Gasteiger partial charge on any atom is -0.396 e. The highest BCUT2D eigenvalue weighted by Crippen LogP contribution is 2.15. The topological polar surface area (TPSA) is 44.0 Å². The number of nitrogens with zero attached hydrogens (tertiary/aromatic N) is 1. The molecule has 1 aromatic rings. The molecule has 0 aliphatic carbocycles. The second kappa shape index (κ2) is 5.23. The lowest BCUT2D eigenvalue weighted by molar-refractivity contribution is 0.303. The number of hydrogen-bond acceptors (Lipinski definition) is 2. The average Bonchev–Trinajstić information content (AvgIpc) is 2.23. The molecule has 78 valence electrons. The third-order valence-electron chi connectivity index (χ3n) is 1.81. The fourth-order valence-electron chi connectivity index (χ4n) is 1.08. The largest absolute Gasteiger partial charge is 0.396 e. The van der Waals surface area contributed by atoms with Crippen LogP contribution in [0.5, 0.6) is 0 Å². The third-order valence-corrected chi connectivity index (χ3v) is 1.81. The van der Waals surface area contributed by atoms with Gasteiger partial charge in [-0.05, 0) is 24.1 Å². The Bertz CT molecular complexity index is 421. The summed E-state index contributed by atoms with van der Waals surface area (Å²) in [4.78, 5) is 0. The fourth-order valence-corrected chi connectivity index (χ4v) is 1.08. The average molecular weight is 209 g/mol. The quantitative estimate of drug-likeness (QED) is 0.829. The van der Waals surface area contributed by atoms with Crippen molar-refractivity contribution in [2.24, 2.45) is 0 Å². The van der Waals surface area contributed by atoms with Gasteiger partial charge in [-0.25, -0.2) is 8.78 Å². The molecule has 0 saturated heterocycles. The monoisotopic (exact) mass is 209 g/mol. The lowest BCUT2D eigenvalue weighted by Gasteiger charge is -1.99. The van der Waals surface area contributed by atoms with Crippen molar-refractivity contribution in [2.45, 2.75) is 6.42 Å². The molecule has 15 heavy (non-hydrogen) atoms. The predicted octanol–water partition coefficient (Wildman–Crippen LogP) is 2.23. The van der Waals surface area contributed by atoms with Crippen molar-refractivity contribution in [3.05, 3.63) is 41.0 Å². The zero-order valence-corrected chi connectivity index (χ0v) is 7.87. The van der Waals surface area contributed by atoms with Crippen LogP contribution in [0.25, 0.3) is 6.08 Å². The highest BCUT2D eigenvalue weighted by atomic mass is 19.2. The van der Waals surface area contributed by atoms with Crippen LogP contribution in [0.3, 0.4) is 0 Å². The van der Waals surface area contributed by atoms with Crippen LogP contribution >= 0.6 is 0 Å². The third kappa shape index (κ3) is 2.86. The molecular formula is C11H9F2NO. The Morgan fingerprint density at radius 1 is 1.33 bits per heavy atom. The highest BCUT2D eigenvalue weighted by Gasteiger charge is 2.06. The molecule has 1 rings (SSSR count). The van der Waals surface area contributed by atoms with Crippen molar-refractivity contribution in [2.75, 3.05) is 6.61 Å². The Hall–Kier alpha value is -1.73. The van der Waals surface area contributed by atoms with Crippen LogP contribution in [0.4, 0.5) is 8.78 Å². The summed E-state index contributed by atoms with van der Waals surface area (Å²) in [6, 6.07) is 3.59. The zero-order chi connectivity index (χ0) is 11.3. The summed E-state index contributed by atoms with van der Waals surface area (Å²) in [6.45, 7) is -0.0257. The summed E-state index contributed by atoms with van der Waals surface area (Å²) in [5.74, 6) is -2.02. The lowest BCUT2D eigenvalue weighted by Crippen LogP contribution is -1.90. The Morgan fingerprint density at radius 2 is 2.00 bits per heavy atom. The Kier molecular flexibility index (Phi) is 3.95. The van der Waals surface area contributed by atoms with Crippen molar-refractivity contribution in [3.63, 3.8) is 0 Å². The SMILES string of the molecule is N#Cc1cc(F)c(F)cc1C=CCCO. The Morgan fingerprint density at radius 3 is 2.60 bits per heavy atom. The lowest BCUT2D eigenvalue weighted by atomic mass is 10.1. The summed E-state index contributed by atoms with van der Waals surface area (Å²) >= 11 is 0. The Balaban J connectivity index is 3.06. The maximum atomic E-state index is 12.8. The molecule has 0 aliphatic heterocycles. The van der Waals surface area contributed by atoms with Crippen LogP contribution in [0.1, 0.15) is 17.5 Å². The summed E-state index contributed by atoms with van der Waals surface area (Å²) in [7, 11) is 0. The molecular weight excluding hydrogens is 200 g/mol. The molecule has 0 atom stereocenters. The maximum Gasteiger partial charge on any atom is 0.160 e. The summed E-state index contributed by atoms with van der Waals surface area (Å²) in [5.41, 5.74) is 0.382. The normalized spacial score (nSPS) is 10.5. The van der Waals surface area contributed by atoms with E-state index in [0.717, 1.165) is 12.1 Å². The van der Waals surface area contributed by atoms with E-state index in [1.807, 2.05) is 0 Å². The molecule has 0 fully saturated rings. The van der Waals surface area contributed by atoms with Gasteiger partial charge >= 0.3 is 0 Å². The van der Waals surface area contributed by atoms with Crippen molar-refractivity contribution in [1.82, 2.24) is 0 Å². The van der Waals surface area contributed by atoms with Crippen LogP contribution in [0, 0.1) is 23.0 Å². The van der Waals surface area contributed by atoms with Crippen molar-refractivity contribution < 1.29 is 13.9 Å². The molecule has 0 heterocycles. The van der Waals surface area contributed by atoms with Gasteiger partial charge in [0.05, 0.1) is 11.6 Å². The fraction of sp³-hybridized carbons (Fsp3) is 0.182. The molecule has 2 nitrogen and oxygen atoms in total. The van der Waals surface area contributed by atoms with E-state index in [-0.39, 0.29) is 12.2 Å². The first-order chi connectivity index (χ1) is 7.19. The van der Waals surface area contributed by atoms with Gasteiger partial charge in [0.2, 0.25) is 0 Å². The van der Waals surface area contributed by atoms with Gasteiger partial charge in [-0.3, -0.25) is 0 Å². The molecule has 0 amide bonds. The number of aliphatic hydroxyl groups is 1. The molecule has 0 spiro atoms. The van der Waals surface area contributed by atoms with Crippen LogP contribution < -0.4 is 0 Å². The minimum absolute atomic E-state index is 0.0257. The van der Waals surface area contributed by atoms with Gasteiger partial charge in [-0.15, -0.1) is 0 Å². The van der Waals surface area contributed by atoms with Crippen LogP contribution in [-0.4, -0.2) is 11.7 Å². The second-order valence-electron chi connectivity index (χ2n) is 2.88. The van der Waals surface area contributed by atoms with Crippen LogP contribution in [-0.2, 0) is 0 Å². The summed E-state index contributed by atoms with van der Waals surface area (Å²) in [5, 5.41) is 17.2. The molecule has 0 aromatic heterocycles. The number of halogens is 2. The summed E-state index contributed by atoms with van der Waals surface area (Å²) in [6.07, 6.45) is 3.48. The van der Waals surface area contributed by atoms with Gasteiger partial charge in [0.25, 0.3) is 0 Å². The summed E-state index contributed by atoms with van der Waals surface area (Å²) < 4.78 is 25.6. The van der Waals surface area contributed by atoms with Gasteiger partial charge in [0.15, 0.2) is 11.6 Å². The first-order valence-corrected chi connectivity index (χ1v) is 4.35. The number of nitriles is 1. The number of rotatable bonds is 3. The number of benzene rings is 1. The van der Waals surface area contributed by atoms with Crippen molar-refractivity contribution in [3.8, 4) is 6.07 Å². The van der Waals surface area contributed by atoms with Crippen LogP contribution in [0.2, 0.25) is 0 Å². The smallest absolute Gasteiger partial charge is 0.160 e. The second-order valence-corrected chi connectivity index (χ2v) is 2.88. The van der Waals surface area contributed by atoms with E-state index in [1.54, 1.807) is 12.1 Å². The van der Waals surface area contributed by atoms with Crippen LogP contribution in [0.15, 0.2) is 18.2 Å². The minimum atomic E-state index is -1.04. The first-order valence-electron chi connectivity index (χ1n) is 4.35. The van der Waals surface area contributed by atoms with Gasteiger partial charge in [0.1, 0.15) is 0 Å². The Labute approximate surface area is 86.1 Å². The standard InChI is InChI=1S/C11H9F2NO/c12-10-5-8(3-1-2-4-15)9(7-14)6-11(10)13/h1,3,5-6,15H,2,4H2. The van der Waals surface area contributed by atoms with E-state index in [1.165, 1.54) is 6.08 Å². The van der Waals surface area contributed by atoms with E-state index in [4.69, 9.17) is 10.4 Å². The number of aliphatic hydroxyl groups excluding tert-OH is 1. The highest BCUT2D eigenvalue weighted by molar-refractivity contribution is 5.58. The molecule has 1 N–H and O–H groups in total. The van der Waals surface area contributed by atoms with E-state index in [2.05, 4.69) is 0 Å². The van der Waals surface area contributed by atoms with Gasteiger partial charge in [-0.2, -0.15) is 5.26 Å². The maximum absolute atomic E-state index is 12.8. The van der Waals surface area contributed by atoms with E-state index in [0.29, 0.717) is 12.0 Å². The first kappa shape index (κ1) is 11.3. The van der Waals surface area contributed by atoms with Crippen molar-refractivity contribution >= 4 is 6.08 Å². The number of hydrogen-bond donors (Lipinski definition) is 1. The molecule has 0 radical (unpaired) electrons. The molecule has 0 bridgehead atoms. The van der Waals surface area contributed by atoms with Gasteiger partial charge in [0, 0.05) is 6.61 Å². The van der Waals surface area contributed by atoms with E-state index < -0.39 is 11.6 Å². The molecule has 4 heteroatoms. The molecule has 0 saturated carbocycles. The zero-order valence-electron chi connectivity index (χ0n) is 7.87. The molecule has 0 aliphatic rings.